The zero-order valence-corrected chi connectivity index (χ0v) is 12.3. The van der Waals surface area contributed by atoms with Crippen molar-refractivity contribution in [1.82, 2.24) is 9.88 Å². The van der Waals surface area contributed by atoms with Gasteiger partial charge in [0.25, 0.3) is 5.91 Å². The summed E-state index contributed by atoms with van der Waals surface area (Å²) in [5, 5.41) is 0.997. The summed E-state index contributed by atoms with van der Waals surface area (Å²) in [6.45, 7) is 2.49. The molecule has 0 aliphatic carbocycles. The fourth-order valence-corrected chi connectivity index (χ4v) is 2.51. The van der Waals surface area contributed by atoms with Crippen LogP contribution < -0.4 is 10.5 Å². The van der Waals surface area contributed by atoms with E-state index in [4.69, 9.17) is 10.5 Å². The highest BCUT2D eigenvalue weighted by Crippen LogP contribution is 2.15. The quantitative estimate of drug-likeness (QED) is 0.856. The van der Waals surface area contributed by atoms with Crippen molar-refractivity contribution in [2.24, 2.45) is 0 Å². The number of nitrogen functional groups attached to an aromatic ring is 1. The first kappa shape index (κ1) is 14.3. The number of nitrogens with zero attached hydrogens (tertiary/aromatic N) is 2. The topological polar surface area (TPSA) is 68.5 Å². The monoisotopic (exact) mass is 291 g/mol. The van der Waals surface area contributed by atoms with Crippen molar-refractivity contribution in [1.29, 1.82) is 0 Å². The average molecular weight is 291 g/mol. The maximum absolute atomic E-state index is 12.0. The lowest BCUT2D eigenvalue weighted by atomic mass is 10.3. The Kier molecular flexibility index (Phi) is 4.57. The van der Waals surface area contributed by atoms with Crippen molar-refractivity contribution in [2.75, 3.05) is 19.4 Å². The molecule has 1 aromatic heterocycles. The molecule has 1 aromatic carbocycles. The van der Waals surface area contributed by atoms with Crippen LogP contribution in [0.1, 0.15) is 9.88 Å². The van der Waals surface area contributed by atoms with Gasteiger partial charge in [-0.05, 0) is 19.1 Å². The Morgan fingerprint density at radius 2 is 2.30 bits per heavy atom. The Hall–Kier alpha value is -2.08. The summed E-state index contributed by atoms with van der Waals surface area (Å²) in [6, 6.07) is 7.03. The van der Waals surface area contributed by atoms with E-state index in [1.807, 2.05) is 6.92 Å². The van der Waals surface area contributed by atoms with Gasteiger partial charge in [0, 0.05) is 29.9 Å². The maximum atomic E-state index is 12.0. The van der Waals surface area contributed by atoms with E-state index in [0.717, 1.165) is 9.88 Å². The van der Waals surface area contributed by atoms with Crippen molar-refractivity contribution >= 4 is 22.9 Å². The SMILES string of the molecule is Cc1ncc(CN(C)C(=O)COc2cccc(N)c2)s1. The Morgan fingerprint density at radius 3 is 2.95 bits per heavy atom. The normalized spacial score (nSPS) is 10.3. The molecule has 2 N–H and O–H groups in total. The van der Waals surface area contributed by atoms with Crippen LogP contribution in [0.5, 0.6) is 5.75 Å². The third kappa shape index (κ3) is 3.96. The lowest BCUT2D eigenvalue weighted by Gasteiger charge is -2.16. The molecule has 1 amide bonds. The Bertz CT molecular complexity index is 598. The molecule has 6 heteroatoms. The highest BCUT2D eigenvalue weighted by molar-refractivity contribution is 7.11. The average Bonchev–Trinajstić information content (AvgIpc) is 2.81. The minimum absolute atomic E-state index is 0.00224. The highest BCUT2D eigenvalue weighted by atomic mass is 32.1. The number of aromatic nitrogens is 1. The number of hydrogen-bond donors (Lipinski definition) is 1. The molecule has 0 spiro atoms. The molecule has 0 fully saturated rings. The molecule has 0 unspecified atom stereocenters. The molecule has 0 aliphatic rings. The van der Waals surface area contributed by atoms with Gasteiger partial charge in [0.2, 0.25) is 0 Å². The number of thiazole rings is 1. The van der Waals surface area contributed by atoms with Gasteiger partial charge in [-0.2, -0.15) is 0 Å². The fraction of sp³-hybridized carbons (Fsp3) is 0.286. The standard InChI is InChI=1S/C14H17N3O2S/c1-10-16-7-13(20-10)8-17(2)14(18)9-19-12-5-3-4-11(15)6-12/h3-7H,8-9,15H2,1-2H3. The smallest absolute Gasteiger partial charge is 0.260 e. The minimum atomic E-state index is -0.0847. The maximum Gasteiger partial charge on any atom is 0.260 e. The second kappa shape index (κ2) is 6.38. The van der Waals surface area contributed by atoms with Gasteiger partial charge >= 0.3 is 0 Å². The van der Waals surface area contributed by atoms with E-state index in [-0.39, 0.29) is 12.5 Å². The van der Waals surface area contributed by atoms with Crippen LogP contribution in [0.25, 0.3) is 0 Å². The van der Waals surface area contributed by atoms with Crippen LogP contribution in [0.15, 0.2) is 30.5 Å². The van der Waals surface area contributed by atoms with Crippen molar-refractivity contribution in [3.8, 4) is 5.75 Å². The largest absolute Gasteiger partial charge is 0.484 e. The number of likely N-dealkylation sites (N-methyl/N-ethyl adjacent to an activating group) is 1. The van der Waals surface area contributed by atoms with Crippen LogP contribution in [-0.2, 0) is 11.3 Å². The Balaban J connectivity index is 1.85. The molecular weight excluding hydrogens is 274 g/mol. The molecule has 0 bridgehead atoms. The number of benzene rings is 1. The third-order valence-corrected chi connectivity index (χ3v) is 3.61. The van der Waals surface area contributed by atoms with Gasteiger partial charge in [-0.15, -0.1) is 11.3 Å². The molecule has 2 rings (SSSR count). The van der Waals surface area contributed by atoms with Crippen LogP contribution in [0.3, 0.4) is 0 Å². The van der Waals surface area contributed by atoms with Crippen molar-refractivity contribution < 1.29 is 9.53 Å². The van der Waals surface area contributed by atoms with Gasteiger partial charge in [-0.1, -0.05) is 6.07 Å². The molecule has 106 valence electrons. The van der Waals surface area contributed by atoms with E-state index < -0.39 is 0 Å². The van der Waals surface area contributed by atoms with E-state index >= 15 is 0 Å². The summed E-state index contributed by atoms with van der Waals surface area (Å²) >= 11 is 1.59. The Labute approximate surface area is 122 Å². The minimum Gasteiger partial charge on any atom is -0.484 e. The first-order valence-electron chi connectivity index (χ1n) is 6.18. The third-order valence-electron chi connectivity index (χ3n) is 2.71. The van der Waals surface area contributed by atoms with Crippen LogP contribution in [0.4, 0.5) is 5.69 Å². The molecule has 0 aliphatic heterocycles. The van der Waals surface area contributed by atoms with E-state index in [0.29, 0.717) is 18.0 Å². The molecule has 0 atom stereocenters. The summed E-state index contributed by atoms with van der Waals surface area (Å²) in [5.74, 6) is 0.513. The van der Waals surface area contributed by atoms with Crippen molar-refractivity contribution in [3.63, 3.8) is 0 Å². The lowest BCUT2D eigenvalue weighted by molar-refractivity contribution is -0.132. The number of ether oxygens (including phenoxy) is 1. The second-order valence-electron chi connectivity index (χ2n) is 4.46. The molecule has 20 heavy (non-hydrogen) atoms. The number of amides is 1. The lowest BCUT2D eigenvalue weighted by Crippen LogP contribution is -2.30. The van der Waals surface area contributed by atoms with E-state index in [1.165, 1.54) is 0 Å². The first-order chi connectivity index (χ1) is 9.54. The summed E-state index contributed by atoms with van der Waals surface area (Å²) < 4.78 is 5.43. The number of hydrogen-bond acceptors (Lipinski definition) is 5. The van der Waals surface area contributed by atoms with E-state index in [9.17, 15) is 4.79 Å². The van der Waals surface area contributed by atoms with Crippen molar-refractivity contribution in [3.05, 3.63) is 40.3 Å². The molecular formula is C14H17N3O2S. The number of rotatable bonds is 5. The van der Waals surface area contributed by atoms with Gasteiger partial charge in [-0.25, -0.2) is 4.98 Å². The predicted molar refractivity (Wildman–Crippen MR) is 79.7 cm³/mol. The van der Waals surface area contributed by atoms with Crippen LogP contribution in [0.2, 0.25) is 0 Å². The number of carbonyl (C=O) groups is 1. The fourth-order valence-electron chi connectivity index (χ4n) is 1.66. The molecule has 2 aromatic rings. The highest BCUT2D eigenvalue weighted by Gasteiger charge is 2.11. The number of carbonyl (C=O) groups excluding carboxylic acids is 1. The van der Waals surface area contributed by atoms with Crippen LogP contribution >= 0.6 is 11.3 Å². The molecule has 1 heterocycles. The van der Waals surface area contributed by atoms with Crippen LogP contribution in [-0.4, -0.2) is 29.4 Å². The van der Waals surface area contributed by atoms with Gasteiger partial charge in [0.05, 0.1) is 11.6 Å². The summed E-state index contributed by atoms with van der Waals surface area (Å²) in [4.78, 5) is 18.8. The molecule has 0 saturated carbocycles. The molecule has 0 radical (unpaired) electrons. The summed E-state index contributed by atoms with van der Waals surface area (Å²) in [7, 11) is 1.75. The van der Waals surface area contributed by atoms with Gasteiger partial charge in [0.1, 0.15) is 5.75 Å². The van der Waals surface area contributed by atoms with Crippen LogP contribution in [0, 0.1) is 6.92 Å². The van der Waals surface area contributed by atoms with E-state index in [2.05, 4.69) is 4.98 Å². The number of nitrogens with two attached hydrogens (primary N) is 1. The van der Waals surface area contributed by atoms with Gasteiger partial charge in [0.15, 0.2) is 6.61 Å². The molecule has 5 nitrogen and oxygen atoms in total. The van der Waals surface area contributed by atoms with Gasteiger partial charge in [-0.3, -0.25) is 4.79 Å². The van der Waals surface area contributed by atoms with E-state index in [1.54, 1.807) is 53.7 Å². The first-order valence-corrected chi connectivity index (χ1v) is 7.00. The second-order valence-corrected chi connectivity index (χ2v) is 5.78. The Morgan fingerprint density at radius 1 is 1.50 bits per heavy atom. The molecule has 0 saturated heterocycles. The van der Waals surface area contributed by atoms with Gasteiger partial charge < -0.3 is 15.4 Å². The number of aryl methyl sites for hydroxylation is 1. The zero-order valence-electron chi connectivity index (χ0n) is 11.5. The summed E-state index contributed by atoms with van der Waals surface area (Å²) in [6.07, 6.45) is 1.79. The zero-order chi connectivity index (χ0) is 14.5. The van der Waals surface area contributed by atoms with Crippen molar-refractivity contribution in [2.45, 2.75) is 13.5 Å². The predicted octanol–water partition coefficient (Wildman–Crippen LogP) is 2.07. The summed E-state index contributed by atoms with van der Waals surface area (Å²) in [5.41, 5.74) is 6.26. The number of anilines is 1.